The molecule has 0 aliphatic heterocycles. The number of carboxylic acids is 1. The number of hydrogen-bond donors (Lipinski definition) is 2. The highest BCUT2D eigenvalue weighted by atomic mass is 19.2. The van der Waals surface area contributed by atoms with E-state index in [9.17, 15) is 13.6 Å². The van der Waals surface area contributed by atoms with Gasteiger partial charge in [-0.3, -0.25) is 0 Å². The van der Waals surface area contributed by atoms with Gasteiger partial charge in [0, 0.05) is 17.3 Å². The maximum absolute atomic E-state index is 13.5. The largest absolute Gasteiger partial charge is 0.478 e. The highest BCUT2D eigenvalue weighted by Gasteiger charge is 2.14. The lowest BCUT2D eigenvalue weighted by Gasteiger charge is -2.06. The summed E-state index contributed by atoms with van der Waals surface area (Å²) < 4.78 is 26.6. The minimum absolute atomic E-state index is 0.0648. The lowest BCUT2D eigenvalue weighted by Crippen LogP contribution is -2.05. The molecule has 1 aromatic carbocycles. The van der Waals surface area contributed by atoms with Crippen LogP contribution in [0.2, 0.25) is 0 Å². The third-order valence-corrected chi connectivity index (χ3v) is 2.41. The standard InChI is InChI=1S/C12H8F2N2O2/c13-9-3-1-2-7(10(9)14)6-4-8(12(17)18)11(15)16-5-6/h1-5H,(H2,15,16)(H,17,18). The molecule has 0 atom stereocenters. The van der Waals surface area contributed by atoms with Crippen molar-refractivity contribution in [1.29, 1.82) is 0 Å². The summed E-state index contributed by atoms with van der Waals surface area (Å²) in [6.07, 6.45) is 1.19. The van der Waals surface area contributed by atoms with Gasteiger partial charge in [0.15, 0.2) is 11.6 Å². The van der Waals surface area contributed by atoms with E-state index in [0.717, 1.165) is 12.1 Å². The number of rotatable bonds is 2. The van der Waals surface area contributed by atoms with Crippen molar-refractivity contribution in [3.8, 4) is 11.1 Å². The monoisotopic (exact) mass is 250 g/mol. The second-order valence-electron chi connectivity index (χ2n) is 3.56. The summed E-state index contributed by atoms with van der Waals surface area (Å²) >= 11 is 0. The minimum Gasteiger partial charge on any atom is -0.478 e. The molecular weight excluding hydrogens is 242 g/mol. The minimum atomic E-state index is -1.28. The molecule has 18 heavy (non-hydrogen) atoms. The van der Waals surface area contributed by atoms with Crippen LogP contribution in [0.25, 0.3) is 11.1 Å². The zero-order valence-electron chi connectivity index (χ0n) is 9.02. The van der Waals surface area contributed by atoms with Crippen molar-refractivity contribution >= 4 is 11.8 Å². The Morgan fingerprint density at radius 3 is 2.72 bits per heavy atom. The maximum Gasteiger partial charge on any atom is 0.339 e. The van der Waals surface area contributed by atoms with E-state index in [4.69, 9.17) is 10.8 Å². The van der Waals surface area contributed by atoms with Crippen LogP contribution in [0.1, 0.15) is 10.4 Å². The first kappa shape index (κ1) is 12.0. The number of pyridine rings is 1. The normalized spacial score (nSPS) is 10.3. The fourth-order valence-electron chi connectivity index (χ4n) is 1.52. The summed E-state index contributed by atoms with van der Waals surface area (Å²) in [5.74, 6) is -3.52. The number of aromatic carboxylic acids is 1. The molecule has 1 heterocycles. The molecule has 0 aliphatic rings. The van der Waals surface area contributed by atoms with Crippen LogP contribution in [0.5, 0.6) is 0 Å². The van der Waals surface area contributed by atoms with Crippen LogP contribution in [0, 0.1) is 11.6 Å². The molecule has 0 unspecified atom stereocenters. The number of nitrogens with zero attached hydrogens (tertiary/aromatic N) is 1. The van der Waals surface area contributed by atoms with E-state index in [2.05, 4.69) is 4.98 Å². The van der Waals surface area contributed by atoms with Crippen molar-refractivity contribution in [3.05, 3.63) is 47.7 Å². The summed E-state index contributed by atoms with van der Waals surface area (Å²) in [6, 6.07) is 4.78. The second-order valence-corrected chi connectivity index (χ2v) is 3.56. The molecule has 0 saturated heterocycles. The maximum atomic E-state index is 13.5. The van der Waals surface area contributed by atoms with Crippen LogP contribution in [0.4, 0.5) is 14.6 Å². The number of nitrogen functional groups attached to an aromatic ring is 1. The number of aromatic nitrogens is 1. The molecule has 0 radical (unpaired) electrons. The topological polar surface area (TPSA) is 76.2 Å². The van der Waals surface area contributed by atoms with Crippen LogP contribution in [0.3, 0.4) is 0 Å². The Kier molecular flexibility index (Phi) is 2.93. The predicted octanol–water partition coefficient (Wildman–Crippen LogP) is 2.31. The lowest BCUT2D eigenvalue weighted by atomic mass is 10.0. The van der Waals surface area contributed by atoms with Gasteiger partial charge in [0.05, 0.1) is 0 Å². The smallest absolute Gasteiger partial charge is 0.339 e. The zero-order valence-corrected chi connectivity index (χ0v) is 9.02. The Morgan fingerprint density at radius 2 is 2.06 bits per heavy atom. The average Bonchev–Trinajstić information content (AvgIpc) is 2.33. The van der Waals surface area contributed by atoms with Gasteiger partial charge in [0.1, 0.15) is 11.4 Å². The van der Waals surface area contributed by atoms with Crippen LogP contribution in [-0.4, -0.2) is 16.1 Å². The van der Waals surface area contributed by atoms with Gasteiger partial charge in [-0.05, 0) is 12.1 Å². The van der Waals surface area contributed by atoms with Crippen molar-refractivity contribution in [2.45, 2.75) is 0 Å². The average molecular weight is 250 g/mol. The molecule has 6 heteroatoms. The van der Waals surface area contributed by atoms with E-state index in [1.807, 2.05) is 0 Å². The third kappa shape index (κ3) is 2.00. The fraction of sp³-hybridized carbons (Fsp3) is 0. The molecule has 92 valence electrons. The molecule has 2 aromatic rings. The number of carboxylic acid groups (broad SMARTS) is 1. The van der Waals surface area contributed by atoms with Gasteiger partial charge in [-0.25, -0.2) is 18.6 Å². The van der Waals surface area contributed by atoms with Gasteiger partial charge in [-0.2, -0.15) is 0 Å². The Balaban J connectivity index is 2.62. The van der Waals surface area contributed by atoms with Gasteiger partial charge in [-0.15, -0.1) is 0 Å². The van der Waals surface area contributed by atoms with E-state index in [1.54, 1.807) is 0 Å². The fourth-order valence-corrected chi connectivity index (χ4v) is 1.52. The van der Waals surface area contributed by atoms with Crippen molar-refractivity contribution in [2.24, 2.45) is 0 Å². The Hall–Kier alpha value is -2.50. The van der Waals surface area contributed by atoms with Crippen molar-refractivity contribution in [2.75, 3.05) is 5.73 Å². The van der Waals surface area contributed by atoms with Gasteiger partial charge in [0.2, 0.25) is 0 Å². The van der Waals surface area contributed by atoms with E-state index in [-0.39, 0.29) is 22.5 Å². The highest BCUT2D eigenvalue weighted by molar-refractivity contribution is 5.94. The lowest BCUT2D eigenvalue weighted by molar-refractivity contribution is 0.0697. The third-order valence-electron chi connectivity index (χ3n) is 2.41. The highest BCUT2D eigenvalue weighted by Crippen LogP contribution is 2.25. The Labute approximate surface area is 101 Å². The van der Waals surface area contributed by atoms with Gasteiger partial charge < -0.3 is 10.8 Å². The molecule has 0 bridgehead atoms. The predicted molar refractivity (Wildman–Crippen MR) is 61.0 cm³/mol. The van der Waals surface area contributed by atoms with Crippen molar-refractivity contribution < 1.29 is 18.7 Å². The zero-order chi connectivity index (χ0) is 13.3. The summed E-state index contributed by atoms with van der Waals surface area (Å²) in [6.45, 7) is 0. The summed E-state index contributed by atoms with van der Waals surface area (Å²) in [5.41, 5.74) is 5.21. The molecular formula is C12H8F2N2O2. The van der Waals surface area contributed by atoms with Gasteiger partial charge >= 0.3 is 5.97 Å². The molecule has 0 fully saturated rings. The quantitative estimate of drug-likeness (QED) is 0.857. The second kappa shape index (κ2) is 4.40. The Bertz CT molecular complexity index is 629. The summed E-state index contributed by atoms with van der Waals surface area (Å²) in [4.78, 5) is 14.5. The van der Waals surface area contributed by atoms with Crippen LogP contribution in [0.15, 0.2) is 30.5 Å². The molecule has 0 spiro atoms. The van der Waals surface area contributed by atoms with Gasteiger partial charge in [0.25, 0.3) is 0 Å². The first-order valence-corrected chi connectivity index (χ1v) is 4.94. The number of carbonyl (C=O) groups is 1. The number of anilines is 1. The van der Waals surface area contributed by atoms with Crippen molar-refractivity contribution in [3.63, 3.8) is 0 Å². The number of nitrogens with two attached hydrogens (primary N) is 1. The molecule has 0 saturated carbocycles. The number of hydrogen-bond acceptors (Lipinski definition) is 3. The van der Waals surface area contributed by atoms with E-state index < -0.39 is 17.6 Å². The number of halogens is 2. The molecule has 3 N–H and O–H groups in total. The first-order valence-electron chi connectivity index (χ1n) is 4.94. The number of benzene rings is 1. The first-order chi connectivity index (χ1) is 8.50. The van der Waals surface area contributed by atoms with Gasteiger partial charge in [-0.1, -0.05) is 12.1 Å². The molecule has 1 aromatic heterocycles. The summed E-state index contributed by atoms with van der Waals surface area (Å²) in [5, 5.41) is 8.87. The molecule has 0 amide bonds. The molecule has 4 nitrogen and oxygen atoms in total. The van der Waals surface area contributed by atoms with Crippen LogP contribution < -0.4 is 5.73 Å². The Morgan fingerprint density at radius 1 is 1.33 bits per heavy atom. The SMILES string of the molecule is Nc1ncc(-c2cccc(F)c2F)cc1C(=O)O. The van der Waals surface area contributed by atoms with E-state index in [1.165, 1.54) is 18.3 Å². The molecule has 2 rings (SSSR count). The van der Waals surface area contributed by atoms with E-state index in [0.29, 0.717) is 0 Å². The van der Waals surface area contributed by atoms with Crippen molar-refractivity contribution in [1.82, 2.24) is 4.98 Å². The summed E-state index contributed by atoms with van der Waals surface area (Å²) in [7, 11) is 0. The van der Waals surface area contributed by atoms with E-state index >= 15 is 0 Å². The molecule has 0 aliphatic carbocycles. The van der Waals surface area contributed by atoms with Crippen LogP contribution >= 0.6 is 0 Å². The van der Waals surface area contributed by atoms with Crippen LogP contribution in [-0.2, 0) is 0 Å².